The zero-order valence-electron chi connectivity index (χ0n) is 15.4. The van der Waals surface area contributed by atoms with Crippen LogP contribution in [-0.4, -0.2) is 30.0 Å². The third-order valence-corrected chi connectivity index (χ3v) is 4.47. The predicted molar refractivity (Wildman–Crippen MR) is 108 cm³/mol. The smallest absolute Gasteiger partial charge is 0.331 e. The van der Waals surface area contributed by atoms with E-state index in [1.807, 2.05) is 30.5 Å². The van der Waals surface area contributed by atoms with E-state index in [1.54, 1.807) is 42.1 Å². The first kappa shape index (κ1) is 20.5. The molecule has 2 rings (SSSR count). The summed E-state index contributed by atoms with van der Waals surface area (Å²) in [4.78, 5) is 36.6. The van der Waals surface area contributed by atoms with Gasteiger partial charge < -0.3 is 10.1 Å². The Balaban J connectivity index is 1.91. The van der Waals surface area contributed by atoms with E-state index in [4.69, 9.17) is 4.74 Å². The molecule has 0 heterocycles. The summed E-state index contributed by atoms with van der Waals surface area (Å²) in [6.45, 7) is 2.94. The molecule has 2 aromatic carbocycles. The lowest BCUT2D eigenvalue weighted by Gasteiger charge is -2.12. The molecule has 0 unspecified atom stereocenters. The first-order valence-corrected chi connectivity index (χ1v) is 9.56. The highest BCUT2D eigenvalue weighted by atomic mass is 32.2. The van der Waals surface area contributed by atoms with Crippen molar-refractivity contribution in [2.45, 2.75) is 24.8 Å². The fourth-order valence-corrected chi connectivity index (χ4v) is 2.61. The second kappa shape index (κ2) is 9.73. The zero-order chi connectivity index (χ0) is 19.8. The van der Waals surface area contributed by atoms with Gasteiger partial charge in [-0.25, -0.2) is 4.79 Å². The molecule has 0 aliphatic heterocycles. The summed E-state index contributed by atoms with van der Waals surface area (Å²) >= 11 is 1.64. The van der Waals surface area contributed by atoms with Crippen molar-refractivity contribution in [1.82, 2.24) is 0 Å². The topological polar surface area (TPSA) is 72.5 Å². The highest BCUT2D eigenvalue weighted by Gasteiger charge is 2.17. The van der Waals surface area contributed by atoms with E-state index >= 15 is 0 Å². The number of hydrogen-bond acceptors (Lipinski definition) is 5. The Kier molecular flexibility index (Phi) is 7.37. The molecular formula is C21H21NO4S. The summed E-state index contributed by atoms with van der Waals surface area (Å²) in [6, 6.07) is 14.3. The molecule has 0 saturated heterocycles. The fraction of sp³-hybridized carbons (Fsp3) is 0.190. The molecular weight excluding hydrogens is 362 g/mol. The van der Waals surface area contributed by atoms with Crippen LogP contribution >= 0.6 is 11.8 Å². The van der Waals surface area contributed by atoms with E-state index in [0.717, 1.165) is 10.5 Å². The van der Waals surface area contributed by atoms with Crippen LogP contribution in [0.2, 0.25) is 0 Å². The quantitative estimate of drug-likeness (QED) is 0.336. The second-order valence-corrected chi connectivity index (χ2v) is 6.69. The van der Waals surface area contributed by atoms with Crippen molar-refractivity contribution in [3.05, 3.63) is 65.7 Å². The minimum absolute atomic E-state index is 0.0960. The van der Waals surface area contributed by atoms with Gasteiger partial charge in [0.15, 0.2) is 11.9 Å². The second-order valence-electron chi connectivity index (χ2n) is 5.81. The van der Waals surface area contributed by atoms with Crippen LogP contribution in [0.5, 0.6) is 0 Å². The van der Waals surface area contributed by atoms with Crippen LogP contribution in [0.3, 0.4) is 0 Å². The number of benzene rings is 2. The number of esters is 1. The van der Waals surface area contributed by atoms with Crippen LogP contribution in [0.1, 0.15) is 29.8 Å². The maximum Gasteiger partial charge on any atom is 0.331 e. The molecule has 0 spiro atoms. The van der Waals surface area contributed by atoms with Crippen LogP contribution in [0.25, 0.3) is 6.08 Å². The van der Waals surface area contributed by atoms with Crippen molar-refractivity contribution in [1.29, 1.82) is 0 Å². The first-order valence-electron chi connectivity index (χ1n) is 8.33. The Hall–Kier alpha value is -2.86. The number of anilines is 1. The van der Waals surface area contributed by atoms with Gasteiger partial charge in [-0.2, -0.15) is 0 Å². The molecule has 0 bridgehead atoms. The Morgan fingerprint density at radius 1 is 1.11 bits per heavy atom. The maximum absolute atomic E-state index is 12.2. The molecule has 1 atom stereocenters. The molecule has 0 fully saturated rings. The van der Waals surface area contributed by atoms with E-state index in [1.165, 1.54) is 19.9 Å². The number of thioether (sulfide) groups is 1. The van der Waals surface area contributed by atoms with Gasteiger partial charge in [0, 0.05) is 22.2 Å². The number of nitrogens with one attached hydrogen (secondary N) is 1. The molecule has 1 amide bonds. The van der Waals surface area contributed by atoms with Crippen LogP contribution in [0.4, 0.5) is 5.69 Å². The van der Waals surface area contributed by atoms with Gasteiger partial charge in [-0.3, -0.25) is 9.59 Å². The number of ether oxygens (including phenoxy) is 1. The van der Waals surface area contributed by atoms with Gasteiger partial charge >= 0.3 is 5.97 Å². The minimum atomic E-state index is -0.970. The average molecular weight is 383 g/mol. The van der Waals surface area contributed by atoms with Gasteiger partial charge in [-0.15, -0.1) is 11.8 Å². The van der Waals surface area contributed by atoms with Gasteiger partial charge in [-0.1, -0.05) is 24.3 Å². The molecule has 1 N–H and O–H groups in total. The molecule has 0 aliphatic rings. The summed E-state index contributed by atoms with van der Waals surface area (Å²) in [5.41, 5.74) is 1.83. The van der Waals surface area contributed by atoms with Crippen LogP contribution in [-0.2, 0) is 14.3 Å². The number of amides is 1. The van der Waals surface area contributed by atoms with Gasteiger partial charge in [0.1, 0.15) is 0 Å². The Morgan fingerprint density at radius 2 is 1.81 bits per heavy atom. The van der Waals surface area contributed by atoms with Gasteiger partial charge in [0.25, 0.3) is 5.91 Å². The maximum atomic E-state index is 12.2. The van der Waals surface area contributed by atoms with E-state index in [2.05, 4.69) is 5.32 Å². The third kappa shape index (κ3) is 6.42. The van der Waals surface area contributed by atoms with Crippen molar-refractivity contribution < 1.29 is 19.1 Å². The van der Waals surface area contributed by atoms with Gasteiger partial charge in [0.2, 0.25) is 0 Å². The normalized spacial score (nSPS) is 11.8. The van der Waals surface area contributed by atoms with Crippen molar-refractivity contribution >= 4 is 41.2 Å². The highest BCUT2D eigenvalue weighted by Crippen LogP contribution is 2.16. The van der Waals surface area contributed by atoms with Crippen LogP contribution < -0.4 is 5.32 Å². The lowest BCUT2D eigenvalue weighted by molar-refractivity contribution is -0.148. The molecule has 27 heavy (non-hydrogen) atoms. The number of hydrogen-bond donors (Lipinski definition) is 1. The summed E-state index contributed by atoms with van der Waals surface area (Å²) in [7, 11) is 0. The molecule has 5 nitrogen and oxygen atoms in total. The largest absolute Gasteiger partial charge is 0.449 e. The summed E-state index contributed by atoms with van der Waals surface area (Å²) in [5.74, 6) is -1.17. The highest BCUT2D eigenvalue weighted by molar-refractivity contribution is 7.98. The average Bonchev–Trinajstić information content (AvgIpc) is 2.66. The van der Waals surface area contributed by atoms with Gasteiger partial charge in [0.05, 0.1) is 0 Å². The third-order valence-electron chi connectivity index (χ3n) is 3.73. The number of rotatable bonds is 7. The predicted octanol–water partition coefficient (Wildman–Crippen LogP) is 4.19. The van der Waals surface area contributed by atoms with E-state index < -0.39 is 18.0 Å². The summed E-state index contributed by atoms with van der Waals surface area (Å²) in [5, 5.41) is 2.63. The number of ketones is 1. The van der Waals surface area contributed by atoms with E-state index in [0.29, 0.717) is 11.3 Å². The lowest BCUT2D eigenvalue weighted by atomic mass is 10.1. The zero-order valence-corrected chi connectivity index (χ0v) is 16.2. The van der Waals surface area contributed by atoms with Crippen molar-refractivity contribution in [3.63, 3.8) is 0 Å². The minimum Gasteiger partial charge on any atom is -0.449 e. The van der Waals surface area contributed by atoms with Crippen LogP contribution in [0, 0.1) is 0 Å². The number of Topliss-reactive ketones (excluding diaryl/α,β-unsaturated/α-hetero) is 1. The Labute approximate surface area is 162 Å². The Morgan fingerprint density at radius 3 is 2.44 bits per heavy atom. The molecule has 0 aliphatic carbocycles. The van der Waals surface area contributed by atoms with Crippen LogP contribution in [0.15, 0.2) is 59.5 Å². The van der Waals surface area contributed by atoms with E-state index in [9.17, 15) is 14.4 Å². The first-order chi connectivity index (χ1) is 12.9. The number of carbonyl (C=O) groups is 3. The van der Waals surface area contributed by atoms with Crippen molar-refractivity contribution in [2.75, 3.05) is 11.6 Å². The molecule has 0 aromatic heterocycles. The summed E-state index contributed by atoms with van der Waals surface area (Å²) in [6.07, 6.45) is 3.94. The molecule has 0 saturated carbocycles. The van der Waals surface area contributed by atoms with Gasteiger partial charge in [-0.05, 0) is 56.0 Å². The molecule has 140 valence electrons. The molecule has 2 aromatic rings. The molecule has 6 heteroatoms. The fourth-order valence-electron chi connectivity index (χ4n) is 2.21. The lowest BCUT2D eigenvalue weighted by Crippen LogP contribution is -2.29. The Bertz CT molecular complexity index is 859. The van der Waals surface area contributed by atoms with Crippen molar-refractivity contribution in [3.8, 4) is 0 Å². The SMILES string of the molecule is CSc1ccc(/C=C/C(=O)O[C@H](C)C(=O)Nc2cccc(C(C)=O)c2)cc1. The van der Waals surface area contributed by atoms with E-state index in [-0.39, 0.29) is 5.78 Å². The monoisotopic (exact) mass is 383 g/mol. The van der Waals surface area contributed by atoms with Crippen molar-refractivity contribution in [2.24, 2.45) is 0 Å². The summed E-state index contributed by atoms with van der Waals surface area (Å²) < 4.78 is 5.12. The number of carbonyl (C=O) groups excluding carboxylic acids is 3. The molecule has 0 radical (unpaired) electrons. The standard InChI is InChI=1S/C21H21NO4S/c1-14(23)17-5-4-6-18(13-17)22-21(25)15(2)26-20(24)12-9-16-7-10-19(27-3)11-8-16/h4-13,15H,1-3H3,(H,22,25)/b12-9+/t15-/m1/s1.